The highest BCUT2D eigenvalue weighted by molar-refractivity contribution is 6.17. The third kappa shape index (κ3) is 2.34. The molecule has 0 unspecified atom stereocenters. The molecule has 0 aliphatic carbocycles. The fourth-order valence-electron chi connectivity index (χ4n) is 3.69. The molecule has 4 rings (SSSR count). The summed E-state index contributed by atoms with van der Waals surface area (Å²) in [7, 11) is 1.85. The number of piperidine rings is 1. The van der Waals surface area contributed by atoms with E-state index in [1.54, 1.807) is 4.90 Å². The van der Waals surface area contributed by atoms with E-state index in [0.717, 1.165) is 48.5 Å². The lowest BCUT2D eigenvalue weighted by Gasteiger charge is -2.29. The maximum Gasteiger partial charge on any atom is 0.255 e. The summed E-state index contributed by atoms with van der Waals surface area (Å²) in [5, 5.41) is 3.32. The Kier molecular flexibility index (Phi) is 3.69. The van der Waals surface area contributed by atoms with E-state index in [0.29, 0.717) is 0 Å². The van der Waals surface area contributed by atoms with Gasteiger partial charge in [0.2, 0.25) is 0 Å². The number of aliphatic imine (C=N–C) groups is 1. The van der Waals surface area contributed by atoms with Crippen molar-refractivity contribution >= 4 is 11.7 Å². The van der Waals surface area contributed by atoms with Crippen LogP contribution in [0.4, 0.5) is 0 Å². The maximum atomic E-state index is 12.9. The van der Waals surface area contributed by atoms with E-state index in [1.165, 1.54) is 0 Å². The molecular weight excluding hydrogens is 298 g/mol. The van der Waals surface area contributed by atoms with Gasteiger partial charge in [0, 0.05) is 12.6 Å². The van der Waals surface area contributed by atoms with Gasteiger partial charge in [0.15, 0.2) is 0 Å². The summed E-state index contributed by atoms with van der Waals surface area (Å²) in [6.07, 6.45) is 1.54. The van der Waals surface area contributed by atoms with Crippen molar-refractivity contribution in [3.8, 4) is 11.1 Å². The van der Waals surface area contributed by atoms with Gasteiger partial charge in [0.05, 0.1) is 0 Å². The number of rotatable bonds is 2. The van der Waals surface area contributed by atoms with Crippen LogP contribution < -0.4 is 5.32 Å². The van der Waals surface area contributed by atoms with Crippen LogP contribution in [0.25, 0.3) is 11.1 Å². The van der Waals surface area contributed by atoms with Crippen molar-refractivity contribution in [1.29, 1.82) is 0 Å². The topological polar surface area (TPSA) is 44.7 Å². The van der Waals surface area contributed by atoms with E-state index in [4.69, 9.17) is 4.99 Å². The monoisotopic (exact) mass is 319 g/mol. The summed E-state index contributed by atoms with van der Waals surface area (Å²) in [6.45, 7) is 1.69. The number of nitrogens with one attached hydrogen (secondary N) is 1. The van der Waals surface area contributed by atoms with E-state index in [1.807, 2.05) is 37.4 Å². The molecule has 0 bridgehead atoms. The van der Waals surface area contributed by atoms with E-state index >= 15 is 0 Å². The summed E-state index contributed by atoms with van der Waals surface area (Å²) >= 11 is 0. The van der Waals surface area contributed by atoms with Gasteiger partial charge in [0.25, 0.3) is 5.91 Å². The molecule has 0 atom stereocenters. The Labute approximate surface area is 142 Å². The molecule has 2 aliphatic rings. The van der Waals surface area contributed by atoms with Gasteiger partial charge < -0.3 is 5.32 Å². The molecule has 2 aliphatic heterocycles. The minimum atomic E-state index is -0.570. The van der Waals surface area contributed by atoms with Crippen LogP contribution in [0.5, 0.6) is 0 Å². The molecule has 1 amide bonds. The lowest BCUT2D eigenvalue weighted by atomic mass is 9.89. The van der Waals surface area contributed by atoms with E-state index in [-0.39, 0.29) is 5.91 Å². The molecule has 2 aromatic carbocycles. The number of carbonyl (C=O) groups excluding carboxylic acids is 1. The summed E-state index contributed by atoms with van der Waals surface area (Å²) in [4.78, 5) is 19.6. The van der Waals surface area contributed by atoms with Crippen molar-refractivity contribution in [2.75, 3.05) is 20.1 Å². The molecule has 0 aromatic heterocycles. The molecule has 1 spiro atoms. The van der Waals surface area contributed by atoms with Crippen molar-refractivity contribution < 1.29 is 4.79 Å². The van der Waals surface area contributed by atoms with Gasteiger partial charge in [0.1, 0.15) is 11.4 Å². The van der Waals surface area contributed by atoms with E-state index in [9.17, 15) is 4.79 Å². The number of hydrogen-bond donors (Lipinski definition) is 1. The van der Waals surface area contributed by atoms with Crippen molar-refractivity contribution in [3.05, 3.63) is 60.2 Å². The van der Waals surface area contributed by atoms with Crippen molar-refractivity contribution in [1.82, 2.24) is 10.2 Å². The first-order valence-corrected chi connectivity index (χ1v) is 8.45. The predicted molar refractivity (Wildman–Crippen MR) is 96.0 cm³/mol. The second-order valence-corrected chi connectivity index (χ2v) is 6.49. The highest BCUT2D eigenvalue weighted by Gasteiger charge is 2.47. The van der Waals surface area contributed by atoms with Crippen LogP contribution in [0.2, 0.25) is 0 Å². The van der Waals surface area contributed by atoms with Crippen molar-refractivity contribution in [2.45, 2.75) is 18.4 Å². The molecule has 122 valence electrons. The molecule has 2 aromatic rings. The van der Waals surface area contributed by atoms with Gasteiger partial charge in [-0.3, -0.25) is 14.7 Å². The van der Waals surface area contributed by atoms with Crippen molar-refractivity contribution in [3.63, 3.8) is 0 Å². The molecule has 1 saturated heterocycles. The minimum absolute atomic E-state index is 0.127. The summed E-state index contributed by atoms with van der Waals surface area (Å²) < 4.78 is 0. The average Bonchev–Trinajstić information content (AvgIpc) is 2.88. The summed E-state index contributed by atoms with van der Waals surface area (Å²) in [5.41, 5.74) is 2.71. The Morgan fingerprint density at radius 2 is 1.58 bits per heavy atom. The molecule has 0 saturated carbocycles. The first-order chi connectivity index (χ1) is 11.7. The van der Waals surface area contributed by atoms with Crippen LogP contribution in [0.1, 0.15) is 18.4 Å². The number of amidine groups is 1. The average molecular weight is 319 g/mol. The largest absolute Gasteiger partial charge is 0.317 e. The fraction of sp³-hybridized carbons (Fsp3) is 0.300. The Hall–Kier alpha value is -2.46. The van der Waals surface area contributed by atoms with Gasteiger partial charge in [-0.25, -0.2) is 0 Å². The number of nitrogens with zero attached hydrogens (tertiary/aromatic N) is 2. The first-order valence-electron chi connectivity index (χ1n) is 8.45. The summed E-state index contributed by atoms with van der Waals surface area (Å²) in [6, 6.07) is 18.5. The van der Waals surface area contributed by atoms with Crippen LogP contribution in [-0.4, -0.2) is 42.3 Å². The second-order valence-electron chi connectivity index (χ2n) is 6.49. The molecule has 2 heterocycles. The minimum Gasteiger partial charge on any atom is -0.317 e. The molecule has 1 N–H and O–H groups in total. The Morgan fingerprint density at radius 1 is 0.958 bits per heavy atom. The standard InChI is InChI=1S/C20H21N3O/c1-23-18(22-20(19(23)24)11-13-21-14-12-20)17-10-6-5-9-16(17)15-7-3-2-4-8-15/h2-10,21H,11-14H2,1H3. The second kappa shape index (κ2) is 5.87. The quantitative estimate of drug-likeness (QED) is 0.925. The van der Waals surface area contributed by atoms with Gasteiger partial charge in [-0.15, -0.1) is 0 Å². The fourth-order valence-corrected chi connectivity index (χ4v) is 3.69. The predicted octanol–water partition coefficient (Wildman–Crippen LogP) is 2.69. The molecule has 1 fully saturated rings. The highest BCUT2D eigenvalue weighted by Crippen LogP contribution is 2.34. The van der Waals surface area contributed by atoms with Gasteiger partial charge in [-0.05, 0) is 37.1 Å². The zero-order valence-corrected chi connectivity index (χ0v) is 13.8. The lowest BCUT2D eigenvalue weighted by molar-refractivity contribution is -0.131. The highest BCUT2D eigenvalue weighted by atomic mass is 16.2. The van der Waals surface area contributed by atoms with E-state index in [2.05, 4.69) is 29.6 Å². The normalized spacial score (nSPS) is 19.6. The van der Waals surface area contributed by atoms with Crippen LogP contribution in [-0.2, 0) is 4.79 Å². The Balaban J connectivity index is 1.82. The molecular formula is C20H21N3O. The van der Waals surface area contributed by atoms with Gasteiger partial charge >= 0.3 is 0 Å². The van der Waals surface area contributed by atoms with E-state index < -0.39 is 5.54 Å². The van der Waals surface area contributed by atoms with Crippen LogP contribution in [0, 0.1) is 0 Å². The zero-order valence-electron chi connectivity index (χ0n) is 13.8. The molecule has 24 heavy (non-hydrogen) atoms. The number of amides is 1. The zero-order chi connectivity index (χ0) is 16.6. The van der Waals surface area contributed by atoms with Gasteiger partial charge in [-0.1, -0.05) is 54.6 Å². The van der Waals surface area contributed by atoms with Gasteiger partial charge in [-0.2, -0.15) is 0 Å². The maximum absolute atomic E-state index is 12.9. The van der Waals surface area contributed by atoms with Crippen molar-refractivity contribution in [2.24, 2.45) is 4.99 Å². The Bertz CT molecular complexity index is 792. The SMILES string of the molecule is CN1C(=O)C2(CCNCC2)N=C1c1ccccc1-c1ccccc1. The molecule has 4 nitrogen and oxygen atoms in total. The summed E-state index contributed by atoms with van der Waals surface area (Å²) in [5.74, 6) is 0.920. The third-order valence-electron chi connectivity index (χ3n) is 5.02. The number of hydrogen-bond acceptors (Lipinski definition) is 3. The lowest BCUT2D eigenvalue weighted by Crippen LogP contribution is -2.47. The smallest absolute Gasteiger partial charge is 0.255 e. The Morgan fingerprint density at radius 3 is 2.29 bits per heavy atom. The number of benzene rings is 2. The molecule has 0 radical (unpaired) electrons. The third-order valence-corrected chi connectivity index (χ3v) is 5.02. The van der Waals surface area contributed by atoms with Crippen LogP contribution in [0.15, 0.2) is 59.6 Å². The number of carbonyl (C=O) groups is 1. The van der Waals surface area contributed by atoms with Crippen LogP contribution in [0.3, 0.4) is 0 Å². The van der Waals surface area contributed by atoms with Crippen LogP contribution >= 0.6 is 0 Å². The first kappa shape index (κ1) is 15.1. The molecule has 4 heteroatoms. The number of likely N-dealkylation sites (N-methyl/N-ethyl adjacent to an activating group) is 1.